The first-order valence-corrected chi connectivity index (χ1v) is 28.7. The quantitative estimate of drug-likeness (QED) is 0.0262. The first-order chi connectivity index (χ1) is 34.0. The van der Waals surface area contributed by atoms with Gasteiger partial charge in [0.1, 0.15) is 13.2 Å². The number of carbonyl (C=O) groups is 3. The minimum absolute atomic E-state index is 0.103. The van der Waals surface area contributed by atoms with Crippen LogP contribution in [0.4, 0.5) is 0 Å². The van der Waals surface area contributed by atoms with Crippen LogP contribution in [0.25, 0.3) is 0 Å². The summed E-state index contributed by atoms with van der Waals surface area (Å²) in [5.41, 5.74) is 0. The molecule has 0 aromatic rings. The fraction of sp³-hybridized carbons (Fsp3) is 0.698. The molecule has 0 aliphatic heterocycles. The van der Waals surface area contributed by atoms with E-state index in [4.69, 9.17) is 14.2 Å². The van der Waals surface area contributed by atoms with Crippen molar-refractivity contribution in [3.8, 4) is 0 Å². The minimum atomic E-state index is -0.810. The van der Waals surface area contributed by atoms with Crippen LogP contribution in [0.15, 0.2) is 97.2 Å². The highest BCUT2D eigenvalue weighted by Crippen LogP contribution is 2.14. The van der Waals surface area contributed by atoms with E-state index in [9.17, 15) is 14.4 Å². The first-order valence-electron chi connectivity index (χ1n) is 28.7. The summed E-state index contributed by atoms with van der Waals surface area (Å²) in [7, 11) is 0. The average Bonchev–Trinajstić information content (AvgIpc) is 3.35. The molecular formula is C63H106O6. The Morgan fingerprint density at radius 1 is 0.304 bits per heavy atom. The van der Waals surface area contributed by atoms with Crippen molar-refractivity contribution in [2.45, 2.75) is 271 Å². The molecule has 0 radical (unpaired) electrons. The molecule has 0 heterocycles. The van der Waals surface area contributed by atoms with Crippen molar-refractivity contribution in [3.05, 3.63) is 97.2 Å². The number of rotatable bonds is 51. The molecule has 0 aliphatic rings. The number of hydrogen-bond donors (Lipinski definition) is 0. The molecule has 0 aromatic carbocycles. The SMILES string of the molecule is CC/C=C\C/C=C\C/C=C\CCCCCCCC(=O)O[C@@H](COC(=O)CCC/C=C\C/C=C\C/C=C\CCCCCCCC)COC(=O)CCCCCCCCCCC/C=C\C/C=C\CCCCC. The average molecular weight is 960 g/mol. The van der Waals surface area contributed by atoms with E-state index in [1.165, 1.54) is 116 Å². The molecule has 0 unspecified atom stereocenters. The van der Waals surface area contributed by atoms with E-state index < -0.39 is 6.10 Å². The summed E-state index contributed by atoms with van der Waals surface area (Å²) in [6.45, 7) is 6.44. The van der Waals surface area contributed by atoms with Gasteiger partial charge in [0.05, 0.1) is 0 Å². The van der Waals surface area contributed by atoms with Gasteiger partial charge in [0.2, 0.25) is 0 Å². The van der Waals surface area contributed by atoms with Gasteiger partial charge in [0.25, 0.3) is 0 Å². The lowest BCUT2D eigenvalue weighted by Gasteiger charge is -2.18. The predicted octanol–water partition coefficient (Wildman–Crippen LogP) is 19.3. The van der Waals surface area contributed by atoms with Gasteiger partial charge in [0.15, 0.2) is 6.10 Å². The van der Waals surface area contributed by atoms with Crippen molar-refractivity contribution in [3.63, 3.8) is 0 Å². The molecule has 0 saturated carbocycles. The van der Waals surface area contributed by atoms with Gasteiger partial charge in [0, 0.05) is 19.3 Å². The Kier molecular flexibility index (Phi) is 53.9. The first kappa shape index (κ1) is 65.3. The molecular weight excluding hydrogens is 853 g/mol. The molecule has 394 valence electrons. The summed E-state index contributed by atoms with van der Waals surface area (Å²) < 4.78 is 16.8. The van der Waals surface area contributed by atoms with Crippen LogP contribution >= 0.6 is 0 Å². The molecule has 0 fully saturated rings. The third-order valence-corrected chi connectivity index (χ3v) is 12.0. The van der Waals surface area contributed by atoms with Crippen molar-refractivity contribution in [2.75, 3.05) is 13.2 Å². The summed E-state index contributed by atoms with van der Waals surface area (Å²) >= 11 is 0. The van der Waals surface area contributed by atoms with E-state index in [0.717, 1.165) is 103 Å². The van der Waals surface area contributed by atoms with E-state index in [1.807, 2.05) is 0 Å². The second-order valence-corrected chi connectivity index (χ2v) is 18.8. The van der Waals surface area contributed by atoms with Gasteiger partial charge in [-0.1, -0.05) is 227 Å². The molecule has 0 bridgehead atoms. The number of carbonyl (C=O) groups excluding carboxylic acids is 3. The molecule has 0 N–H and O–H groups in total. The van der Waals surface area contributed by atoms with Crippen LogP contribution in [-0.2, 0) is 28.6 Å². The van der Waals surface area contributed by atoms with E-state index in [-0.39, 0.29) is 37.5 Å². The van der Waals surface area contributed by atoms with E-state index in [1.54, 1.807) is 0 Å². The van der Waals surface area contributed by atoms with Gasteiger partial charge < -0.3 is 14.2 Å². The van der Waals surface area contributed by atoms with Crippen molar-refractivity contribution in [1.82, 2.24) is 0 Å². The highest BCUT2D eigenvalue weighted by atomic mass is 16.6. The fourth-order valence-corrected chi connectivity index (χ4v) is 7.74. The van der Waals surface area contributed by atoms with Crippen molar-refractivity contribution >= 4 is 17.9 Å². The lowest BCUT2D eigenvalue weighted by Crippen LogP contribution is -2.30. The summed E-state index contributed by atoms with van der Waals surface area (Å²) in [6, 6.07) is 0. The van der Waals surface area contributed by atoms with Gasteiger partial charge >= 0.3 is 17.9 Å². The minimum Gasteiger partial charge on any atom is -0.462 e. The number of allylic oxidation sites excluding steroid dienone is 16. The molecule has 0 amide bonds. The maximum atomic E-state index is 12.8. The van der Waals surface area contributed by atoms with Crippen LogP contribution in [0.3, 0.4) is 0 Å². The molecule has 69 heavy (non-hydrogen) atoms. The lowest BCUT2D eigenvalue weighted by atomic mass is 10.1. The monoisotopic (exact) mass is 959 g/mol. The Labute approximate surface area is 426 Å². The Morgan fingerprint density at radius 3 is 0.971 bits per heavy atom. The van der Waals surface area contributed by atoms with Crippen LogP contribution in [0.5, 0.6) is 0 Å². The zero-order valence-electron chi connectivity index (χ0n) is 45.0. The summed E-state index contributed by atoms with van der Waals surface area (Å²) in [4.78, 5) is 38.1. The van der Waals surface area contributed by atoms with Crippen molar-refractivity contribution in [1.29, 1.82) is 0 Å². The molecule has 1 atom stereocenters. The largest absolute Gasteiger partial charge is 0.462 e. The van der Waals surface area contributed by atoms with E-state index in [2.05, 4.69) is 118 Å². The molecule has 0 aliphatic carbocycles. The van der Waals surface area contributed by atoms with Gasteiger partial charge in [-0.15, -0.1) is 0 Å². The second kappa shape index (κ2) is 56.9. The normalized spacial score (nSPS) is 12.8. The predicted molar refractivity (Wildman–Crippen MR) is 297 cm³/mol. The third kappa shape index (κ3) is 55.1. The summed E-state index contributed by atoms with van der Waals surface area (Å²) in [6.07, 6.45) is 75.4. The number of esters is 3. The molecule has 0 aromatic heterocycles. The maximum absolute atomic E-state index is 12.8. The Hall–Kier alpha value is -3.67. The lowest BCUT2D eigenvalue weighted by molar-refractivity contribution is -0.167. The smallest absolute Gasteiger partial charge is 0.306 e. The number of ether oxygens (including phenoxy) is 3. The number of hydrogen-bond acceptors (Lipinski definition) is 6. The Balaban J connectivity index is 4.47. The topological polar surface area (TPSA) is 78.9 Å². The van der Waals surface area contributed by atoms with Crippen LogP contribution in [-0.4, -0.2) is 37.2 Å². The highest BCUT2D eigenvalue weighted by Gasteiger charge is 2.19. The second-order valence-electron chi connectivity index (χ2n) is 18.8. The number of unbranched alkanes of at least 4 members (excludes halogenated alkanes) is 24. The zero-order chi connectivity index (χ0) is 50.0. The van der Waals surface area contributed by atoms with Gasteiger partial charge in [-0.05, 0) is 116 Å². The molecule has 0 saturated heterocycles. The van der Waals surface area contributed by atoms with Crippen LogP contribution in [0.1, 0.15) is 265 Å². The van der Waals surface area contributed by atoms with Crippen LogP contribution < -0.4 is 0 Å². The molecule has 6 nitrogen and oxygen atoms in total. The van der Waals surface area contributed by atoms with E-state index >= 15 is 0 Å². The van der Waals surface area contributed by atoms with Gasteiger partial charge in [-0.25, -0.2) is 0 Å². The zero-order valence-corrected chi connectivity index (χ0v) is 45.0. The Morgan fingerprint density at radius 2 is 0.580 bits per heavy atom. The summed E-state index contributed by atoms with van der Waals surface area (Å²) in [5, 5.41) is 0. The molecule has 0 rings (SSSR count). The van der Waals surface area contributed by atoms with Gasteiger partial charge in [-0.2, -0.15) is 0 Å². The standard InChI is InChI=1S/C63H106O6/c1-4-7-10-13-16-19-22-25-28-30-31-33-36-38-41-44-47-50-53-56-62(65)68-59-60(69-63(66)57-54-51-48-45-42-39-34-27-24-21-18-15-12-9-6-3)58-67-61(64)55-52-49-46-43-40-37-35-32-29-26-23-20-17-14-11-8-5-2/h9,12,16,18-19,21,25-29,34-35,37,43,46,60H,4-8,10-11,13-15,17,20,22-24,30-33,36,38-42,44-45,47-59H2,1-3H3/b12-9-,19-16-,21-18-,28-25-,29-26-,34-27-,37-35-,46-43-/t60-/m0/s1. The molecule has 6 heteroatoms. The van der Waals surface area contributed by atoms with Crippen molar-refractivity contribution < 1.29 is 28.6 Å². The fourth-order valence-electron chi connectivity index (χ4n) is 7.74. The Bertz CT molecular complexity index is 1380. The third-order valence-electron chi connectivity index (χ3n) is 12.0. The van der Waals surface area contributed by atoms with Crippen LogP contribution in [0.2, 0.25) is 0 Å². The van der Waals surface area contributed by atoms with Crippen LogP contribution in [0, 0.1) is 0 Å². The highest BCUT2D eigenvalue weighted by molar-refractivity contribution is 5.71. The summed E-state index contributed by atoms with van der Waals surface area (Å²) in [5.74, 6) is -0.976. The van der Waals surface area contributed by atoms with Crippen molar-refractivity contribution in [2.24, 2.45) is 0 Å². The maximum Gasteiger partial charge on any atom is 0.306 e. The molecule has 0 spiro atoms. The van der Waals surface area contributed by atoms with Gasteiger partial charge in [-0.3, -0.25) is 14.4 Å². The van der Waals surface area contributed by atoms with E-state index in [0.29, 0.717) is 19.3 Å².